The summed E-state index contributed by atoms with van der Waals surface area (Å²) in [6.07, 6.45) is 2.71. The number of carboxylic acid groups (broad SMARTS) is 1. The number of nitrogens with zero attached hydrogens (tertiary/aromatic N) is 5. The Morgan fingerprint density at radius 2 is 1.55 bits per heavy atom. The molecule has 0 bridgehead atoms. The van der Waals surface area contributed by atoms with Crippen molar-refractivity contribution in [3.63, 3.8) is 0 Å². The highest BCUT2D eigenvalue weighted by Gasteiger charge is 2.42. The van der Waals surface area contributed by atoms with Crippen molar-refractivity contribution in [3.8, 4) is 5.75 Å². The summed E-state index contributed by atoms with van der Waals surface area (Å²) < 4.78 is 100. The standard InChI is InChI=1S/C42H53N5O10S3/c1-29(2)22-39-36(32-12-14-33(15-13-32)58(50,51)45(6)25-31-10-8-7-9-11-31)24-35(30(3)4)42(57-39)37-23-34(16-17-38(37)56-27-41(48)49)59(52,53)46-18-20-47(21-19-46)60(54,55)40-26-44(5)28-43-40/h7-17,23,26,28-29,35-36,39,42H,3,18-22,24-25,27H2,1-2,4-6H3,(H,48,49)/t35-,36-,39+,42+/m0/s1. The topological polar surface area (TPSA) is 186 Å². The molecule has 2 saturated heterocycles. The van der Waals surface area contributed by atoms with Crippen LogP contribution in [0, 0.1) is 11.8 Å². The smallest absolute Gasteiger partial charge is 0.341 e. The van der Waals surface area contributed by atoms with Gasteiger partial charge in [-0.1, -0.05) is 68.5 Å². The molecule has 3 aromatic carbocycles. The highest BCUT2D eigenvalue weighted by Crippen LogP contribution is 2.50. The monoisotopic (exact) mass is 883 g/mol. The minimum absolute atomic E-state index is 0.0795. The molecule has 2 aliphatic rings. The summed E-state index contributed by atoms with van der Waals surface area (Å²) in [5, 5.41) is 9.41. The summed E-state index contributed by atoms with van der Waals surface area (Å²) in [7, 11) is -8.70. The maximum Gasteiger partial charge on any atom is 0.341 e. The number of aryl methyl sites for hydroxylation is 1. The summed E-state index contributed by atoms with van der Waals surface area (Å²) >= 11 is 0. The van der Waals surface area contributed by atoms with Crippen molar-refractivity contribution in [2.45, 2.75) is 73.1 Å². The molecular formula is C42H53N5O10S3. The Kier molecular flexibility index (Phi) is 13.7. The van der Waals surface area contributed by atoms with Gasteiger partial charge in [-0.3, -0.25) is 0 Å². The van der Waals surface area contributed by atoms with Gasteiger partial charge in [-0.15, -0.1) is 0 Å². The van der Waals surface area contributed by atoms with Crippen molar-refractivity contribution in [1.29, 1.82) is 0 Å². The largest absolute Gasteiger partial charge is 0.482 e. The molecule has 2 aliphatic heterocycles. The van der Waals surface area contributed by atoms with Crippen LogP contribution < -0.4 is 4.74 Å². The third-order valence-corrected chi connectivity index (χ3v) is 16.5. The number of imidazole rings is 1. The molecule has 0 aliphatic carbocycles. The van der Waals surface area contributed by atoms with Crippen LogP contribution in [0.2, 0.25) is 0 Å². The summed E-state index contributed by atoms with van der Waals surface area (Å²) in [5.41, 5.74) is 2.83. The first-order chi connectivity index (χ1) is 28.3. The number of benzene rings is 3. The van der Waals surface area contributed by atoms with E-state index >= 15 is 0 Å². The molecule has 60 heavy (non-hydrogen) atoms. The van der Waals surface area contributed by atoms with E-state index in [1.807, 2.05) is 49.4 Å². The Morgan fingerprint density at radius 3 is 2.12 bits per heavy atom. The average molecular weight is 884 g/mol. The number of aromatic nitrogens is 2. The van der Waals surface area contributed by atoms with Crippen LogP contribution >= 0.6 is 0 Å². The van der Waals surface area contributed by atoms with Crippen molar-refractivity contribution >= 4 is 36.0 Å². The molecule has 0 radical (unpaired) electrons. The highest BCUT2D eigenvalue weighted by atomic mass is 32.2. The molecule has 0 saturated carbocycles. The van der Waals surface area contributed by atoms with Gasteiger partial charge in [0.15, 0.2) is 11.6 Å². The van der Waals surface area contributed by atoms with Crippen LogP contribution in [-0.2, 0) is 53.2 Å². The maximum absolute atomic E-state index is 14.2. The predicted octanol–water partition coefficient (Wildman–Crippen LogP) is 5.25. The number of carbonyl (C=O) groups is 1. The third-order valence-electron chi connectivity index (χ3n) is 11.0. The van der Waals surface area contributed by atoms with Crippen LogP contribution in [0.3, 0.4) is 0 Å². The van der Waals surface area contributed by atoms with E-state index in [0.717, 1.165) is 16.7 Å². The summed E-state index contributed by atoms with van der Waals surface area (Å²) in [4.78, 5) is 15.7. The van der Waals surface area contributed by atoms with E-state index in [-0.39, 0.29) is 71.0 Å². The SMILES string of the molecule is C=C(C)[C@@H]1C[C@@H](c2ccc(S(=O)(=O)N(C)Cc3ccccc3)cc2)[C@@H](CC(C)C)O[C@H]1c1cc(S(=O)(=O)N2CCN(S(=O)(=O)c3cn(C)cn3)CC2)ccc1OCC(=O)O. The molecule has 2 fully saturated rings. The van der Waals surface area contributed by atoms with E-state index in [1.54, 1.807) is 26.2 Å². The van der Waals surface area contributed by atoms with E-state index in [9.17, 15) is 35.2 Å². The minimum Gasteiger partial charge on any atom is -0.482 e. The number of rotatable bonds is 16. The zero-order valence-corrected chi connectivity index (χ0v) is 36.9. The van der Waals surface area contributed by atoms with E-state index in [1.165, 1.54) is 48.2 Å². The number of piperazine rings is 1. The molecule has 1 aromatic heterocycles. The minimum atomic E-state index is -4.18. The van der Waals surface area contributed by atoms with E-state index in [4.69, 9.17) is 9.47 Å². The van der Waals surface area contributed by atoms with Gasteiger partial charge in [0.2, 0.25) is 20.0 Å². The average Bonchev–Trinajstić information content (AvgIpc) is 3.67. The number of hydrogen-bond donors (Lipinski definition) is 1. The fourth-order valence-corrected chi connectivity index (χ4v) is 11.8. The highest BCUT2D eigenvalue weighted by molar-refractivity contribution is 7.89. The van der Waals surface area contributed by atoms with Gasteiger partial charge in [-0.2, -0.15) is 12.9 Å². The quantitative estimate of drug-likeness (QED) is 0.145. The van der Waals surface area contributed by atoms with Gasteiger partial charge in [0.05, 0.1) is 28.3 Å². The normalized spacial score (nSPS) is 21.0. The number of aliphatic carboxylic acids is 1. The van der Waals surface area contributed by atoms with Gasteiger partial charge in [0, 0.05) is 70.4 Å². The zero-order chi connectivity index (χ0) is 43.6. The number of carboxylic acids is 1. The predicted molar refractivity (Wildman–Crippen MR) is 225 cm³/mol. The van der Waals surface area contributed by atoms with Crippen LogP contribution in [0.15, 0.2) is 112 Å². The van der Waals surface area contributed by atoms with Gasteiger partial charge in [-0.05, 0) is 67.1 Å². The third kappa shape index (κ3) is 9.85. The molecule has 3 heterocycles. The Labute approximate surface area is 353 Å². The van der Waals surface area contributed by atoms with Crippen LogP contribution in [0.25, 0.3) is 0 Å². The van der Waals surface area contributed by atoms with Gasteiger partial charge in [0.1, 0.15) is 5.75 Å². The Hall–Kier alpha value is -4.43. The molecule has 324 valence electrons. The second kappa shape index (κ2) is 18.3. The fourth-order valence-electron chi connectivity index (χ4n) is 7.84. The molecule has 15 nitrogen and oxygen atoms in total. The van der Waals surface area contributed by atoms with Crippen LogP contribution in [-0.4, -0.2) is 105 Å². The molecule has 18 heteroatoms. The molecular weight excluding hydrogens is 831 g/mol. The van der Waals surface area contributed by atoms with Gasteiger partial charge in [0.25, 0.3) is 10.0 Å². The Morgan fingerprint density at radius 1 is 0.933 bits per heavy atom. The molecule has 0 unspecified atom stereocenters. The second-order valence-electron chi connectivity index (χ2n) is 15.9. The maximum atomic E-state index is 14.2. The van der Waals surface area contributed by atoms with Gasteiger partial charge >= 0.3 is 5.97 Å². The van der Waals surface area contributed by atoms with E-state index in [2.05, 4.69) is 25.4 Å². The van der Waals surface area contributed by atoms with Crippen molar-refractivity contribution in [2.24, 2.45) is 18.9 Å². The van der Waals surface area contributed by atoms with Gasteiger partial charge < -0.3 is 19.1 Å². The molecule has 0 amide bonds. The Balaban J connectivity index is 1.29. The van der Waals surface area contributed by atoms with Crippen molar-refractivity contribution in [1.82, 2.24) is 22.5 Å². The van der Waals surface area contributed by atoms with Crippen LogP contribution in [0.5, 0.6) is 5.75 Å². The summed E-state index contributed by atoms with van der Waals surface area (Å²) in [5.74, 6) is -1.47. The first-order valence-electron chi connectivity index (χ1n) is 19.7. The molecule has 4 aromatic rings. The van der Waals surface area contributed by atoms with Crippen molar-refractivity contribution < 1.29 is 44.6 Å². The van der Waals surface area contributed by atoms with Crippen molar-refractivity contribution in [2.75, 3.05) is 39.8 Å². The van der Waals surface area contributed by atoms with Crippen molar-refractivity contribution in [3.05, 3.63) is 114 Å². The van der Waals surface area contributed by atoms with Crippen LogP contribution in [0.1, 0.15) is 62.3 Å². The lowest BCUT2D eigenvalue weighted by Crippen LogP contribution is -2.50. The molecule has 4 atom stereocenters. The molecule has 0 spiro atoms. The lowest BCUT2D eigenvalue weighted by atomic mass is 9.74. The number of hydrogen-bond acceptors (Lipinski definition) is 10. The first-order valence-corrected chi connectivity index (χ1v) is 24.0. The van der Waals surface area contributed by atoms with Crippen LogP contribution in [0.4, 0.5) is 0 Å². The fraction of sp³-hybridized carbons (Fsp3) is 0.429. The van der Waals surface area contributed by atoms with Gasteiger partial charge in [-0.25, -0.2) is 35.0 Å². The number of ether oxygens (including phenoxy) is 2. The lowest BCUT2D eigenvalue weighted by Gasteiger charge is -2.44. The summed E-state index contributed by atoms with van der Waals surface area (Å²) in [6, 6.07) is 20.5. The summed E-state index contributed by atoms with van der Waals surface area (Å²) in [6.45, 7) is 9.45. The zero-order valence-electron chi connectivity index (χ0n) is 34.4. The van der Waals surface area contributed by atoms with E-state index in [0.29, 0.717) is 18.4 Å². The molecule has 1 N–H and O–H groups in total. The second-order valence-corrected chi connectivity index (χ2v) is 21.8. The first kappa shape index (κ1) is 45.1. The molecule has 6 rings (SSSR count). The Bertz CT molecular complexity index is 2500. The lowest BCUT2D eigenvalue weighted by molar-refractivity contribution is -0.139. The van der Waals surface area contributed by atoms with E-state index < -0.39 is 54.9 Å². The number of sulfonamides is 3.